The second-order valence-corrected chi connectivity index (χ2v) is 10.3. The summed E-state index contributed by atoms with van der Waals surface area (Å²) in [6.45, 7) is 9.19. The van der Waals surface area contributed by atoms with Crippen LogP contribution in [0.3, 0.4) is 0 Å². The van der Waals surface area contributed by atoms with E-state index in [1.54, 1.807) is 12.1 Å². The molecule has 0 bridgehead atoms. The summed E-state index contributed by atoms with van der Waals surface area (Å²) in [5, 5.41) is 15.5. The number of piperidine rings is 1. The van der Waals surface area contributed by atoms with Crippen LogP contribution in [0.15, 0.2) is 72.2 Å². The molecule has 0 amide bonds. The third-order valence-corrected chi connectivity index (χ3v) is 7.20. The lowest BCUT2D eigenvalue weighted by Crippen LogP contribution is -2.53. The molecule has 1 aliphatic rings. The van der Waals surface area contributed by atoms with E-state index in [1.807, 2.05) is 13.8 Å². The van der Waals surface area contributed by atoms with Crippen molar-refractivity contribution in [3.05, 3.63) is 90.0 Å². The first-order valence-electron chi connectivity index (χ1n) is 11.4. The van der Waals surface area contributed by atoms with Gasteiger partial charge in [-0.05, 0) is 44.9 Å². The second-order valence-electron chi connectivity index (χ2n) is 8.89. The molecule has 2 heterocycles. The molecule has 2 aromatic carbocycles. The van der Waals surface area contributed by atoms with Gasteiger partial charge < -0.3 is 5.11 Å². The van der Waals surface area contributed by atoms with E-state index in [1.165, 1.54) is 41.1 Å². The quantitative estimate of drug-likeness (QED) is 0.377. The van der Waals surface area contributed by atoms with Crippen molar-refractivity contribution in [2.45, 2.75) is 49.8 Å². The Morgan fingerprint density at radius 3 is 2.31 bits per heavy atom. The Hall–Kier alpha value is -2.99. The Kier molecular flexibility index (Phi) is 8.72. The SMILES string of the molecule is C=C1CCN([C@H](C)[C@](O)(Cn2cncn2)c2ccc(F)cc2F)CC1.Cc1ccc(S(=O)(=O)O)cc1. The largest absolute Gasteiger partial charge is 0.381 e. The van der Waals surface area contributed by atoms with Crippen molar-refractivity contribution in [3.63, 3.8) is 0 Å². The topological polar surface area (TPSA) is 109 Å². The van der Waals surface area contributed by atoms with E-state index in [9.17, 15) is 22.3 Å². The summed E-state index contributed by atoms with van der Waals surface area (Å²) < 4.78 is 58.8. The number of hydrogen-bond donors (Lipinski definition) is 2. The van der Waals surface area contributed by atoms with Crippen LogP contribution in [-0.2, 0) is 22.3 Å². The van der Waals surface area contributed by atoms with Crippen LogP contribution in [0.1, 0.15) is 30.9 Å². The first-order chi connectivity index (χ1) is 16.9. The van der Waals surface area contributed by atoms with Gasteiger partial charge in [-0.1, -0.05) is 35.9 Å². The fourth-order valence-corrected chi connectivity index (χ4v) is 4.56. The fourth-order valence-electron chi connectivity index (χ4n) is 4.08. The Morgan fingerprint density at radius 2 is 1.78 bits per heavy atom. The Labute approximate surface area is 209 Å². The predicted octanol–water partition coefficient (Wildman–Crippen LogP) is 3.73. The third-order valence-electron chi connectivity index (χ3n) is 6.33. The molecule has 4 rings (SSSR count). The van der Waals surface area contributed by atoms with Crippen molar-refractivity contribution in [2.24, 2.45) is 0 Å². The molecule has 194 valence electrons. The molecule has 1 saturated heterocycles. The molecule has 0 aliphatic carbocycles. The monoisotopic (exact) mass is 520 g/mol. The number of benzene rings is 2. The summed E-state index contributed by atoms with van der Waals surface area (Å²) in [7, 11) is -4.02. The highest BCUT2D eigenvalue weighted by Crippen LogP contribution is 2.34. The highest BCUT2D eigenvalue weighted by Gasteiger charge is 2.42. The van der Waals surface area contributed by atoms with Crippen molar-refractivity contribution in [2.75, 3.05) is 13.1 Å². The Morgan fingerprint density at radius 1 is 1.14 bits per heavy atom. The molecule has 3 aromatic rings. The molecule has 2 N–H and O–H groups in total. The van der Waals surface area contributed by atoms with Gasteiger partial charge in [0.2, 0.25) is 0 Å². The van der Waals surface area contributed by atoms with Crippen LogP contribution in [-0.4, -0.2) is 56.9 Å². The van der Waals surface area contributed by atoms with Crippen LogP contribution >= 0.6 is 0 Å². The summed E-state index contributed by atoms with van der Waals surface area (Å²) in [5.74, 6) is -1.44. The zero-order chi connectivity index (χ0) is 26.5. The van der Waals surface area contributed by atoms with Crippen LogP contribution in [0.4, 0.5) is 8.78 Å². The number of rotatable bonds is 6. The van der Waals surface area contributed by atoms with Crippen molar-refractivity contribution in [3.8, 4) is 0 Å². The van der Waals surface area contributed by atoms with E-state index in [4.69, 9.17) is 4.55 Å². The average Bonchev–Trinajstić information content (AvgIpc) is 3.32. The van der Waals surface area contributed by atoms with Gasteiger partial charge in [0, 0.05) is 30.8 Å². The first-order valence-corrected chi connectivity index (χ1v) is 12.8. The first kappa shape index (κ1) is 27.6. The van der Waals surface area contributed by atoms with Gasteiger partial charge in [0.05, 0.1) is 11.4 Å². The van der Waals surface area contributed by atoms with Crippen LogP contribution in [0.2, 0.25) is 0 Å². The molecule has 36 heavy (non-hydrogen) atoms. The lowest BCUT2D eigenvalue weighted by molar-refractivity contribution is -0.0657. The van der Waals surface area contributed by atoms with Crippen LogP contribution in [0.5, 0.6) is 0 Å². The Balaban J connectivity index is 0.000000275. The van der Waals surface area contributed by atoms with Crippen molar-refractivity contribution in [1.82, 2.24) is 19.7 Å². The van der Waals surface area contributed by atoms with E-state index in [-0.39, 0.29) is 17.0 Å². The number of likely N-dealkylation sites (tertiary alicyclic amines) is 1. The number of aliphatic hydroxyl groups is 1. The van der Waals surface area contributed by atoms with Gasteiger partial charge in [0.1, 0.15) is 29.9 Å². The van der Waals surface area contributed by atoms with E-state index < -0.39 is 33.4 Å². The lowest BCUT2D eigenvalue weighted by Gasteiger charge is -2.43. The summed E-state index contributed by atoms with van der Waals surface area (Å²) in [5.41, 5.74) is 0.611. The fraction of sp³-hybridized carbons (Fsp3) is 0.360. The molecule has 1 aromatic heterocycles. The zero-order valence-corrected chi connectivity index (χ0v) is 21.0. The average molecular weight is 521 g/mol. The summed E-state index contributed by atoms with van der Waals surface area (Å²) >= 11 is 0. The number of nitrogens with zero attached hydrogens (tertiary/aromatic N) is 4. The van der Waals surface area contributed by atoms with Crippen LogP contribution in [0.25, 0.3) is 0 Å². The molecule has 11 heteroatoms. The summed E-state index contributed by atoms with van der Waals surface area (Å²) in [6.07, 6.45) is 4.51. The maximum Gasteiger partial charge on any atom is 0.294 e. The normalized spacial score (nSPS) is 17.1. The van der Waals surface area contributed by atoms with Gasteiger partial charge in [-0.25, -0.2) is 18.4 Å². The molecule has 8 nitrogen and oxygen atoms in total. The van der Waals surface area contributed by atoms with Crippen molar-refractivity contribution in [1.29, 1.82) is 0 Å². The molecule has 0 unspecified atom stereocenters. The van der Waals surface area contributed by atoms with Crippen molar-refractivity contribution < 1.29 is 26.9 Å². The standard InChI is InChI=1S/C18H22F2N4O.C7H8O3S/c1-13-5-7-23(8-6-13)14(2)18(25,10-24-12-21-11-22-24)16-4-3-15(19)9-17(16)20;1-6-2-4-7(5-3-6)11(8,9)10/h3-4,9,11-12,14,25H,1,5-8,10H2,2H3;2-5H,1H3,(H,8,9,10)/t14-,18-;/m1./s1. The number of aryl methyl sites for hydroxylation is 1. The predicted molar refractivity (Wildman–Crippen MR) is 131 cm³/mol. The maximum absolute atomic E-state index is 14.5. The summed E-state index contributed by atoms with van der Waals surface area (Å²) in [6, 6.07) is 8.86. The number of hydrogen-bond acceptors (Lipinski definition) is 6. The van der Waals surface area contributed by atoms with Gasteiger partial charge in [-0.3, -0.25) is 9.45 Å². The smallest absolute Gasteiger partial charge is 0.294 e. The van der Waals surface area contributed by atoms with Gasteiger partial charge in [-0.15, -0.1) is 0 Å². The maximum atomic E-state index is 14.5. The molecule has 1 aliphatic heterocycles. The van der Waals surface area contributed by atoms with Crippen molar-refractivity contribution >= 4 is 10.1 Å². The number of aromatic nitrogens is 3. The van der Waals surface area contributed by atoms with Gasteiger partial charge in [0.25, 0.3) is 10.1 Å². The van der Waals surface area contributed by atoms with E-state index >= 15 is 0 Å². The third kappa shape index (κ3) is 6.82. The minimum absolute atomic E-state index is 0.0220. The molecule has 2 atom stereocenters. The van der Waals surface area contributed by atoms with Crippen LogP contribution < -0.4 is 0 Å². The molecule has 0 radical (unpaired) electrons. The molecular weight excluding hydrogens is 490 g/mol. The minimum atomic E-state index is -4.02. The molecule has 0 spiro atoms. The Bertz CT molecular complexity index is 1270. The van der Waals surface area contributed by atoms with E-state index in [0.29, 0.717) is 0 Å². The number of halogens is 2. The highest BCUT2D eigenvalue weighted by molar-refractivity contribution is 7.85. The molecule has 0 saturated carbocycles. The van der Waals surface area contributed by atoms with E-state index in [0.717, 1.165) is 43.6 Å². The van der Waals surface area contributed by atoms with E-state index in [2.05, 4.69) is 21.6 Å². The van der Waals surface area contributed by atoms with Gasteiger partial charge in [0.15, 0.2) is 0 Å². The minimum Gasteiger partial charge on any atom is -0.381 e. The van der Waals surface area contributed by atoms with Crippen LogP contribution in [0, 0.1) is 18.6 Å². The molecular formula is C25H30F2N4O4S. The van der Waals surface area contributed by atoms with Gasteiger partial charge >= 0.3 is 0 Å². The van der Waals surface area contributed by atoms with Gasteiger partial charge in [-0.2, -0.15) is 13.5 Å². The highest BCUT2D eigenvalue weighted by atomic mass is 32.2. The summed E-state index contributed by atoms with van der Waals surface area (Å²) in [4.78, 5) is 5.92. The zero-order valence-electron chi connectivity index (χ0n) is 20.2. The second kappa shape index (κ2) is 11.4. The lowest BCUT2D eigenvalue weighted by atomic mass is 9.84. The molecule has 1 fully saturated rings.